The lowest BCUT2D eigenvalue weighted by atomic mass is 9.94. The molecule has 5 N–H and O–H groups in total. The molecule has 0 unspecified atom stereocenters. The molecule has 0 spiro atoms. The molecule has 0 saturated heterocycles. The first kappa shape index (κ1) is 31.0. The van der Waals surface area contributed by atoms with Gasteiger partial charge in [0.15, 0.2) is 6.10 Å². The molecule has 0 aliphatic heterocycles. The van der Waals surface area contributed by atoms with Crippen molar-refractivity contribution in [3.63, 3.8) is 0 Å². The Hall–Kier alpha value is -2.01. The Morgan fingerprint density at radius 3 is 2.21 bits per heavy atom. The first-order valence-corrected chi connectivity index (χ1v) is 11.3. The molecule has 10 nitrogen and oxygen atoms in total. The van der Waals surface area contributed by atoms with E-state index in [0.29, 0.717) is 6.42 Å². The van der Waals surface area contributed by atoms with Crippen LogP contribution in [0.15, 0.2) is 12.2 Å². The Kier molecular flexibility index (Phi) is 14.8. The Labute approximate surface area is 196 Å². The zero-order valence-electron chi connectivity index (χ0n) is 20.7. The number of allylic oxidation sites excluding steroid dienone is 1. The minimum absolute atomic E-state index is 0.0168. The fourth-order valence-electron chi connectivity index (χ4n) is 2.73. The fraction of sp³-hybridized carbons (Fsp3) is 0.783. The van der Waals surface area contributed by atoms with Gasteiger partial charge in [-0.25, -0.2) is 0 Å². The van der Waals surface area contributed by atoms with Gasteiger partial charge in [-0.2, -0.15) is 0 Å². The van der Waals surface area contributed by atoms with E-state index in [4.69, 9.17) is 9.47 Å². The van der Waals surface area contributed by atoms with Crippen LogP contribution >= 0.6 is 0 Å². The van der Waals surface area contributed by atoms with Gasteiger partial charge in [0.05, 0.1) is 6.54 Å². The first-order valence-electron chi connectivity index (χ1n) is 11.3. The zero-order valence-corrected chi connectivity index (χ0v) is 20.7. The smallest absolute Gasteiger partial charge is 0.305 e. The second-order valence-corrected chi connectivity index (χ2v) is 9.05. The van der Waals surface area contributed by atoms with E-state index in [1.54, 1.807) is 6.08 Å². The molecule has 0 saturated carbocycles. The first-order chi connectivity index (χ1) is 15.3. The number of ether oxygens (including phenoxy) is 2. The van der Waals surface area contributed by atoms with Crippen LogP contribution in [0.4, 0.5) is 0 Å². The van der Waals surface area contributed by atoms with Crippen LogP contribution in [-0.4, -0.2) is 83.8 Å². The standard InChI is InChI=1S/C23H42N2O8/c1-7-8-9-10-17(27)33-14-13-24-21(30)15(2)25-22(31)20(32-6)19(29)18(28)16(26)11-12-23(3,4)5/h11-12,15-16,18-20,26,28-29H,7-10,13-14H2,1-6H3,(H,24,30)(H,25,31)/b12-11+/t15-,16+,18-,19+,20+/m0/s1. The molecule has 0 aromatic heterocycles. The van der Waals surface area contributed by atoms with Gasteiger partial charge in [0.2, 0.25) is 5.91 Å². The number of hydrogen-bond acceptors (Lipinski definition) is 8. The summed E-state index contributed by atoms with van der Waals surface area (Å²) < 4.78 is 10.0. The molecule has 33 heavy (non-hydrogen) atoms. The Balaban J connectivity index is 4.60. The van der Waals surface area contributed by atoms with E-state index in [-0.39, 0.29) is 24.5 Å². The fourth-order valence-corrected chi connectivity index (χ4v) is 2.73. The number of hydrogen-bond donors (Lipinski definition) is 5. The molecular weight excluding hydrogens is 432 g/mol. The number of methoxy groups -OCH3 is 1. The van der Waals surface area contributed by atoms with Gasteiger partial charge in [-0.3, -0.25) is 14.4 Å². The topological polar surface area (TPSA) is 154 Å². The largest absolute Gasteiger partial charge is 0.464 e. The van der Waals surface area contributed by atoms with Gasteiger partial charge in [-0.1, -0.05) is 52.7 Å². The lowest BCUT2D eigenvalue weighted by Crippen LogP contribution is -2.55. The van der Waals surface area contributed by atoms with Crippen LogP contribution < -0.4 is 10.6 Å². The highest BCUT2D eigenvalue weighted by molar-refractivity contribution is 5.89. The number of nitrogens with one attached hydrogen (secondary N) is 2. The summed E-state index contributed by atoms with van der Waals surface area (Å²) in [4.78, 5) is 36.2. The van der Waals surface area contributed by atoms with Crippen molar-refractivity contribution < 1.29 is 39.2 Å². The third-order valence-corrected chi connectivity index (χ3v) is 4.72. The second kappa shape index (κ2) is 15.8. The molecule has 192 valence electrons. The Bertz CT molecular complexity index is 632. The SMILES string of the molecule is CCCCCC(=O)OCCNC(=O)[C@H](C)NC(=O)[C@H](OC)[C@H](O)[C@@H](O)[C@H](O)/C=C/C(C)(C)C. The van der Waals surface area contributed by atoms with Crippen LogP contribution in [0.25, 0.3) is 0 Å². The van der Waals surface area contributed by atoms with Gasteiger partial charge in [-0.05, 0) is 18.8 Å². The molecule has 0 radical (unpaired) electrons. The average Bonchev–Trinajstić information content (AvgIpc) is 2.74. The van der Waals surface area contributed by atoms with Crippen molar-refractivity contribution in [1.29, 1.82) is 0 Å². The summed E-state index contributed by atoms with van der Waals surface area (Å²) in [7, 11) is 1.16. The van der Waals surface area contributed by atoms with Gasteiger partial charge in [0.25, 0.3) is 5.91 Å². The number of aliphatic hydroxyl groups is 3. The molecule has 0 fully saturated rings. The van der Waals surface area contributed by atoms with Crippen molar-refractivity contribution in [3.05, 3.63) is 12.2 Å². The summed E-state index contributed by atoms with van der Waals surface area (Å²) >= 11 is 0. The van der Waals surface area contributed by atoms with Gasteiger partial charge in [0, 0.05) is 13.5 Å². The van der Waals surface area contributed by atoms with Gasteiger partial charge in [0.1, 0.15) is 31.0 Å². The van der Waals surface area contributed by atoms with Gasteiger partial charge >= 0.3 is 5.97 Å². The van der Waals surface area contributed by atoms with E-state index in [1.807, 2.05) is 27.7 Å². The van der Waals surface area contributed by atoms with Crippen molar-refractivity contribution in [1.82, 2.24) is 10.6 Å². The number of carbonyl (C=O) groups excluding carboxylic acids is 3. The van der Waals surface area contributed by atoms with E-state index < -0.39 is 42.3 Å². The summed E-state index contributed by atoms with van der Waals surface area (Å²) in [6.45, 7) is 9.26. The third-order valence-electron chi connectivity index (χ3n) is 4.72. The van der Waals surface area contributed by atoms with E-state index in [2.05, 4.69) is 10.6 Å². The maximum atomic E-state index is 12.5. The number of esters is 1. The quantitative estimate of drug-likeness (QED) is 0.130. The minimum Gasteiger partial charge on any atom is -0.464 e. The number of carbonyl (C=O) groups is 3. The summed E-state index contributed by atoms with van der Waals surface area (Å²) in [5, 5.41) is 35.5. The highest BCUT2D eigenvalue weighted by atomic mass is 16.5. The summed E-state index contributed by atoms with van der Waals surface area (Å²) in [6.07, 6.45) is -0.307. The van der Waals surface area contributed by atoms with Crippen LogP contribution in [0, 0.1) is 5.41 Å². The van der Waals surface area contributed by atoms with Crippen molar-refractivity contribution in [2.24, 2.45) is 5.41 Å². The van der Waals surface area contributed by atoms with E-state index in [9.17, 15) is 29.7 Å². The molecule has 2 amide bonds. The highest BCUT2D eigenvalue weighted by Crippen LogP contribution is 2.17. The molecule has 0 heterocycles. The molecule has 0 aliphatic rings. The van der Waals surface area contributed by atoms with E-state index in [1.165, 1.54) is 13.0 Å². The number of unbranched alkanes of at least 4 members (excludes halogenated alkanes) is 2. The average molecular weight is 475 g/mol. The molecule has 0 aromatic carbocycles. The lowest BCUT2D eigenvalue weighted by Gasteiger charge is -2.28. The molecule has 0 rings (SSSR count). The Morgan fingerprint density at radius 2 is 1.67 bits per heavy atom. The molecular formula is C23H42N2O8. The zero-order chi connectivity index (χ0) is 25.6. The second-order valence-electron chi connectivity index (χ2n) is 9.05. The van der Waals surface area contributed by atoms with Crippen molar-refractivity contribution in [2.45, 2.75) is 90.8 Å². The van der Waals surface area contributed by atoms with Gasteiger partial charge in [-0.15, -0.1) is 0 Å². The van der Waals surface area contributed by atoms with Crippen LogP contribution in [0.2, 0.25) is 0 Å². The predicted molar refractivity (Wildman–Crippen MR) is 123 cm³/mol. The minimum atomic E-state index is -1.74. The molecule has 0 aliphatic carbocycles. The summed E-state index contributed by atoms with van der Waals surface area (Å²) in [6, 6.07) is -0.981. The van der Waals surface area contributed by atoms with Crippen LogP contribution in [-0.2, 0) is 23.9 Å². The monoisotopic (exact) mass is 474 g/mol. The number of rotatable bonds is 15. The number of aliphatic hydroxyl groups excluding tert-OH is 3. The maximum Gasteiger partial charge on any atom is 0.305 e. The van der Waals surface area contributed by atoms with Crippen molar-refractivity contribution in [3.8, 4) is 0 Å². The van der Waals surface area contributed by atoms with Gasteiger partial charge < -0.3 is 35.4 Å². The predicted octanol–water partition coefficient (Wildman–Crippen LogP) is 0.431. The van der Waals surface area contributed by atoms with Crippen LogP contribution in [0.1, 0.15) is 60.3 Å². The van der Waals surface area contributed by atoms with Crippen LogP contribution in [0.3, 0.4) is 0 Å². The normalized spacial score (nSPS) is 16.5. The molecule has 0 aromatic rings. The lowest BCUT2D eigenvalue weighted by molar-refractivity contribution is -0.150. The number of amides is 2. The molecule has 0 bridgehead atoms. The maximum absolute atomic E-state index is 12.5. The third kappa shape index (κ3) is 13.3. The molecule has 5 atom stereocenters. The van der Waals surface area contributed by atoms with Crippen LogP contribution in [0.5, 0.6) is 0 Å². The van der Waals surface area contributed by atoms with Crippen molar-refractivity contribution >= 4 is 17.8 Å². The van der Waals surface area contributed by atoms with E-state index >= 15 is 0 Å². The molecule has 10 heteroatoms. The Morgan fingerprint density at radius 1 is 1.03 bits per heavy atom. The van der Waals surface area contributed by atoms with Crippen molar-refractivity contribution in [2.75, 3.05) is 20.3 Å². The summed E-state index contributed by atoms with van der Waals surface area (Å²) in [5.41, 5.74) is -0.250. The highest BCUT2D eigenvalue weighted by Gasteiger charge is 2.36. The summed E-state index contributed by atoms with van der Waals surface area (Å²) in [5.74, 6) is -1.68. The van der Waals surface area contributed by atoms with E-state index in [0.717, 1.165) is 26.4 Å².